The molecule has 1 aromatic heterocycles. The number of nitrogens with zero attached hydrogens (tertiary/aromatic N) is 1. The van der Waals surface area contributed by atoms with Crippen LogP contribution < -0.4 is 5.32 Å². The van der Waals surface area contributed by atoms with Gasteiger partial charge in [-0.15, -0.1) is 11.3 Å². The molecule has 0 radical (unpaired) electrons. The average molecular weight is 238 g/mol. The molecule has 4 heteroatoms. The smallest absolute Gasteiger partial charge is 0.0983 e. The van der Waals surface area contributed by atoms with Crippen LogP contribution >= 0.6 is 11.3 Å². The molecule has 2 aliphatic rings. The van der Waals surface area contributed by atoms with E-state index in [1.165, 1.54) is 30.0 Å². The van der Waals surface area contributed by atoms with Gasteiger partial charge in [0.15, 0.2) is 0 Å². The first-order valence-electron chi connectivity index (χ1n) is 6.20. The molecular formula is C12H18N2OS. The standard InChI is InChI=1S/C12H18N2OS/c1-2-5-13-10(3-1)11-8-16-12(14-11)9-4-6-15-7-9/h8-10,13H,1-7H2. The lowest BCUT2D eigenvalue weighted by Crippen LogP contribution is -2.27. The molecule has 3 rings (SSSR count). The van der Waals surface area contributed by atoms with Crippen LogP contribution in [0.5, 0.6) is 0 Å². The molecule has 0 saturated carbocycles. The molecule has 88 valence electrons. The fourth-order valence-electron chi connectivity index (χ4n) is 2.48. The molecule has 0 aromatic carbocycles. The van der Waals surface area contributed by atoms with Crippen LogP contribution in [-0.4, -0.2) is 24.7 Å². The van der Waals surface area contributed by atoms with E-state index >= 15 is 0 Å². The molecule has 2 saturated heterocycles. The molecule has 0 bridgehead atoms. The SMILES string of the molecule is c1sc(C2CCOC2)nc1C1CCCCN1. The molecule has 16 heavy (non-hydrogen) atoms. The maximum Gasteiger partial charge on any atom is 0.0983 e. The van der Waals surface area contributed by atoms with E-state index in [4.69, 9.17) is 9.72 Å². The van der Waals surface area contributed by atoms with Crippen molar-refractivity contribution in [3.05, 3.63) is 16.1 Å². The Morgan fingerprint density at radius 1 is 1.38 bits per heavy atom. The van der Waals surface area contributed by atoms with E-state index in [-0.39, 0.29) is 0 Å². The van der Waals surface area contributed by atoms with Crippen molar-refractivity contribution in [3.63, 3.8) is 0 Å². The maximum atomic E-state index is 5.42. The normalized spacial score (nSPS) is 30.8. The summed E-state index contributed by atoms with van der Waals surface area (Å²) in [7, 11) is 0. The second kappa shape index (κ2) is 4.82. The van der Waals surface area contributed by atoms with Gasteiger partial charge in [-0.3, -0.25) is 0 Å². The van der Waals surface area contributed by atoms with Crippen LogP contribution in [0.1, 0.15) is 48.3 Å². The van der Waals surface area contributed by atoms with Gasteiger partial charge in [-0.05, 0) is 25.8 Å². The maximum absolute atomic E-state index is 5.42. The fraction of sp³-hybridized carbons (Fsp3) is 0.750. The molecule has 2 atom stereocenters. The molecule has 0 spiro atoms. The Morgan fingerprint density at radius 2 is 2.38 bits per heavy atom. The van der Waals surface area contributed by atoms with Gasteiger partial charge in [-0.25, -0.2) is 4.98 Å². The van der Waals surface area contributed by atoms with E-state index in [1.807, 2.05) is 11.3 Å². The number of thiazole rings is 1. The Balaban J connectivity index is 1.71. The first-order valence-corrected chi connectivity index (χ1v) is 7.08. The number of ether oxygens (including phenoxy) is 1. The van der Waals surface area contributed by atoms with Crippen LogP contribution in [0.25, 0.3) is 0 Å². The van der Waals surface area contributed by atoms with Gasteiger partial charge in [0.25, 0.3) is 0 Å². The molecule has 3 heterocycles. The Morgan fingerprint density at radius 3 is 3.12 bits per heavy atom. The number of nitrogens with one attached hydrogen (secondary N) is 1. The second-order valence-corrected chi connectivity index (χ2v) is 5.56. The van der Waals surface area contributed by atoms with Crippen molar-refractivity contribution in [1.29, 1.82) is 0 Å². The van der Waals surface area contributed by atoms with Crippen molar-refractivity contribution in [2.45, 2.75) is 37.6 Å². The zero-order valence-corrected chi connectivity index (χ0v) is 10.3. The highest BCUT2D eigenvalue weighted by Crippen LogP contribution is 2.31. The Bertz CT molecular complexity index is 341. The molecule has 2 unspecified atom stereocenters. The van der Waals surface area contributed by atoms with Crippen LogP contribution in [0.3, 0.4) is 0 Å². The summed E-state index contributed by atoms with van der Waals surface area (Å²) in [6.45, 7) is 2.91. The lowest BCUT2D eigenvalue weighted by atomic mass is 10.0. The first-order chi connectivity index (χ1) is 7.93. The third kappa shape index (κ3) is 2.14. The number of aromatic nitrogens is 1. The second-order valence-electron chi connectivity index (χ2n) is 4.67. The minimum Gasteiger partial charge on any atom is -0.381 e. The fourth-order valence-corrected chi connectivity index (χ4v) is 3.48. The van der Waals surface area contributed by atoms with E-state index in [0.29, 0.717) is 12.0 Å². The molecule has 0 aliphatic carbocycles. The van der Waals surface area contributed by atoms with Crippen molar-refractivity contribution in [1.82, 2.24) is 10.3 Å². The third-order valence-corrected chi connectivity index (χ3v) is 4.51. The summed E-state index contributed by atoms with van der Waals surface area (Å²) in [5.74, 6) is 0.558. The number of hydrogen-bond donors (Lipinski definition) is 1. The first kappa shape index (κ1) is 10.7. The van der Waals surface area contributed by atoms with Crippen LogP contribution in [0.4, 0.5) is 0 Å². The summed E-state index contributed by atoms with van der Waals surface area (Å²) in [4.78, 5) is 4.79. The minimum atomic E-state index is 0.501. The molecular weight excluding hydrogens is 220 g/mol. The highest BCUT2D eigenvalue weighted by Gasteiger charge is 2.23. The van der Waals surface area contributed by atoms with E-state index in [0.717, 1.165) is 26.2 Å². The minimum absolute atomic E-state index is 0.501. The van der Waals surface area contributed by atoms with E-state index in [9.17, 15) is 0 Å². The summed E-state index contributed by atoms with van der Waals surface area (Å²) in [6.07, 6.45) is 5.02. The van der Waals surface area contributed by atoms with Crippen LogP contribution in [0, 0.1) is 0 Å². The molecule has 2 fully saturated rings. The predicted molar refractivity (Wildman–Crippen MR) is 64.9 cm³/mol. The zero-order chi connectivity index (χ0) is 10.8. The Labute approximate surface area is 100 Å². The van der Waals surface area contributed by atoms with E-state index in [1.54, 1.807) is 0 Å². The molecule has 3 nitrogen and oxygen atoms in total. The summed E-state index contributed by atoms with van der Waals surface area (Å²) >= 11 is 1.81. The number of hydrogen-bond acceptors (Lipinski definition) is 4. The summed E-state index contributed by atoms with van der Waals surface area (Å²) < 4.78 is 5.42. The highest BCUT2D eigenvalue weighted by atomic mass is 32.1. The third-order valence-electron chi connectivity index (χ3n) is 3.49. The van der Waals surface area contributed by atoms with Crippen molar-refractivity contribution in [2.24, 2.45) is 0 Å². The Kier molecular flexibility index (Phi) is 3.22. The van der Waals surface area contributed by atoms with Crippen LogP contribution in [0.15, 0.2) is 5.38 Å². The van der Waals surface area contributed by atoms with Crippen molar-refractivity contribution >= 4 is 11.3 Å². The van der Waals surface area contributed by atoms with Crippen molar-refractivity contribution < 1.29 is 4.74 Å². The monoisotopic (exact) mass is 238 g/mol. The lowest BCUT2D eigenvalue weighted by Gasteiger charge is -2.21. The van der Waals surface area contributed by atoms with Crippen LogP contribution in [0.2, 0.25) is 0 Å². The quantitative estimate of drug-likeness (QED) is 0.859. The molecule has 1 N–H and O–H groups in total. The van der Waals surface area contributed by atoms with E-state index in [2.05, 4.69) is 10.7 Å². The molecule has 1 aromatic rings. The van der Waals surface area contributed by atoms with Gasteiger partial charge < -0.3 is 10.1 Å². The summed E-state index contributed by atoms with van der Waals surface area (Å²) in [6, 6.07) is 0.501. The van der Waals surface area contributed by atoms with Gasteiger partial charge in [0.2, 0.25) is 0 Å². The number of piperidine rings is 1. The molecule has 2 aliphatic heterocycles. The van der Waals surface area contributed by atoms with Crippen molar-refractivity contribution in [3.8, 4) is 0 Å². The van der Waals surface area contributed by atoms with Gasteiger partial charge in [0, 0.05) is 17.9 Å². The highest BCUT2D eigenvalue weighted by molar-refractivity contribution is 7.09. The molecule has 0 amide bonds. The predicted octanol–water partition coefficient (Wildman–Crippen LogP) is 2.46. The lowest BCUT2D eigenvalue weighted by molar-refractivity contribution is 0.194. The van der Waals surface area contributed by atoms with Gasteiger partial charge in [-0.2, -0.15) is 0 Å². The summed E-state index contributed by atoms with van der Waals surface area (Å²) in [5, 5.41) is 7.06. The average Bonchev–Trinajstić information content (AvgIpc) is 3.01. The Hall–Kier alpha value is -0.450. The van der Waals surface area contributed by atoms with Gasteiger partial charge in [0.05, 0.1) is 23.4 Å². The zero-order valence-electron chi connectivity index (χ0n) is 9.45. The van der Waals surface area contributed by atoms with Crippen LogP contribution in [-0.2, 0) is 4.74 Å². The topological polar surface area (TPSA) is 34.1 Å². The number of rotatable bonds is 2. The van der Waals surface area contributed by atoms with Gasteiger partial charge >= 0.3 is 0 Å². The van der Waals surface area contributed by atoms with Crippen molar-refractivity contribution in [2.75, 3.05) is 19.8 Å². The van der Waals surface area contributed by atoms with Gasteiger partial charge in [-0.1, -0.05) is 6.42 Å². The summed E-state index contributed by atoms with van der Waals surface area (Å²) in [5.41, 5.74) is 1.26. The van der Waals surface area contributed by atoms with E-state index < -0.39 is 0 Å². The largest absolute Gasteiger partial charge is 0.381 e. The van der Waals surface area contributed by atoms with Gasteiger partial charge in [0.1, 0.15) is 0 Å².